The number of fused-ring (bicyclic) bond motifs is 4. The van der Waals surface area contributed by atoms with Gasteiger partial charge in [0.25, 0.3) is 0 Å². The molecule has 0 aromatic carbocycles. The van der Waals surface area contributed by atoms with Crippen LogP contribution in [0.25, 0.3) is 11.6 Å². The molecule has 1 atom stereocenters. The van der Waals surface area contributed by atoms with Crippen LogP contribution in [0.1, 0.15) is 51.8 Å². The van der Waals surface area contributed by atoms with E-state index in [2.05, 4.69) is 28.7 Å². The third-order valence-corrected chi connectivity index (χ3v) is 6.60. The molecule has 24 heavy (non-hydrogen) atoms. The summed E-state index contributed by atoms with van der Waals surface area (Å²) in [6.07, 6.45) is 6.39. The molecule has 0 spiro atoms. The summed E-state index contributed by atoms with van der Waals surface area (Å²) in [4.78, 5) is 5.82. The highest BCUT2D eigenvalue weighted by molar-refractivity contribution is 7.10. The SMILES string of the molecule is [2H]C([2H])([2H])C1=Nc2oc3c(c2CC1)=CCCC=3[C@H]1Cc2c(C)csc2CN1. The lowest BCUT2D eigenvalue weighted by Crippen LogP contribution is -2.42. The maximum Gasteiger partial charge on any atom is 0.223 e. The Morgan fingerprint density at radius 1 is 1.33 bits per heavy atom. The Hall–Kier alpha value is -1.65. The van der Waals surface area contributed by atoms with Gasteiger partial charge >= 0.3 is 0 Å². The van der Waals surface area contributed by atoms with Crippen molar-refractivity contribution in [1.29, 1.82) is 0 Å². The molecule has 0 radical (unpaired) electrons. The second-order valence-electron chi connectivity index (χ2n) is 6.91. The lowest BCUT2D eigenvalue weighted by atomic mass is 9.89. The molecule has 0 saturated heterocycles. The molecule has 3 aliphatic rings. The number of nitrogens with one attached hydrogen (secondary N) is 1. The van der Waals surface area contributed by atoms with Gasteiger partial charge in [-0.05, 0) is 68.0 Å². The molecule has 1 aliphatic carbocycles. The third-order valence-electron chi connectivity index (χ3n) is 5.46. The normalized spacial score (nSPS) is 24.7. The molecule has 0 amide bonds. The van der Waals surface area contributed by atoms with Crippen molar-refractivity contribution >= 4 is 34.6 Å². The smallest absolute Gasteiger partial charge is 0.223 e. The van der Waals surface area contributed by atoms with Gasteiger partial charge in [-0.2, -0.15) is 0 Å². The lowest BCUT2D eigenvalue weighted by molar-refractivity contribution is 0.506. The molecule has 124 valence electrons. The Morgan fingerprint density at radius 3 is 3.21 bits per heavy atom. The van der Waals surface area contributed by atoms with Crippen molar-refractivity contribution in [2.24, 2.45) is 4.99 Å². The minimum absolute atomic E-state index is 0.261. The molecule has 4 heteroatoms. The average Bonchev–Trinajstić information content (AvgIpc) is 3.20. The van der Waals surface area contributed by atoms with Crippen LogP contribution in [0.15, 0.2) is 14.8 Å². The summed E-state index contributed by atoms with van der Waals surface area (Å²) in [6, 6.07) is 0.275. The average molecular weight is 341 g/mol. The van der Waals surface area contributed by atoms with Crippen LogP contribution in [0, 0.1) is 6.92 Å². The first-order chi connectivity index (χ1) is 12.9. The van der Waals surface area contributed by atoms with E-state index in [1.807, 2.05) is 11.3 Å². The van der Waals surface area contributed by atoms with Crippen molar-refractivity contribution in [1.82, 2.24) is 5.32 Å². The van der Waals surface area contributed by atoms with Gasteiger partial charge < -0.3 is 9.73 Å². The highest BCUT2D eigenvalue weighted by Crippen LogP contribution is 2.31. The van der Waals surface area contributed by atoms with E-state index in [0.717, 1.165) is 42.0 Å². The Morgan fingerprint density at radius 2 is 2.29 bits per heavy atom. The van der Waals surface area contributed by atoms with Gasteiger partial charge in [0, 0.05) is 38.1 Å². The van der Waals surface area contributed by atoms with Gasteiger partial charge in [-0.1, -0.05) is 6.08 Å². The second-order valence-corrected chi connectivity index (χ2v) is 7.88. The molecule has 2 aliphatic heterocycles. The molecule has 5 rings (SSSR count). The van der Waals surface area contributed by atoms with E-state index in [-0.39, 0.29) is 11.8 Å². The van der Waals surface area contributed by atoms with Gasteiger partial charge in [-0.15, -0.1) is 11.3 Å². The molecule has 3 nitrogen and oxygen atoms in total. The van der Waals surface area contributed by atoms with E-state index in [1.165, 1.54) is 21.6 Å². The minimum Gasteiger partial charge on any atom is -0.438 e. The first-order valence-corrected chi connectivity index (χ1v) is 9.52. The molecule has 2 aromatic heterocycles. The molecule has 0 saturated carbocycles. The first-order valence-electron chi connectivity index (χ1n) is 10.1. The van der Waals surface area contributed by atoms with E-state index in [0.29, 0.717) is 18.7 Å². The Kier molecular flexibility index (Phi) is 2.68. The van der Waals surface area contributed by atoms with Gasteiger partial charge in [0.15, 0.2) is 0 Å². The summed E-state index contributed by atoms with van der Waals surface area (Å²) < 4.78 is 29.1. The van der Waals surface area contributed by atoms with Crippen molar-refractivity contribution in [2.45, 2.75) is 58.5 Å². The maximum atomic E-state index is 7.64. The van der Waals surface area contributed by atoms with Gasteiger partial charge in [-0.25, -0.2) is 4.99 Å². The summed E-state index contributed by atoms with van der Waals surface area (Å²) in [5.74, 6) is 0.510. The summed E-state index contributed by atoms with van der Waals surface area (Å²) in [7, 11) is 0. The van der Waals surface area contributed by atoms with Crippen LogP contribution in [-0.2, 0) is 19.4 Å². The van der Waals surface area contributed by atoms with Gasteiger partial charge in [0.05, 0.1) is 0 Å². The highest BCUT2D eigenvalue weighted by atomic mass is 32.1. The quantitative estimate of drug-likeness (QED) is 0.865. The van der Waals surface area contributed by atoms with E-state index in [4.69, 9.17) is 8.53 Å². The molecular weight excluding hydrogens is 316 g/mol. The second kappa shape index (κ2) is 5.43. The van der Waals surface area contributed by atoms with Crippen LogP contribution in [0.2, 0.25) is 0 Å². The molecule has 2 aromatic rings. The fraction of sp³-hybridized carbons (Fsp3) is 0.450. The van der Waals surface area contributed by atoms with E-state index in [1.54, 1.807) is 0 Å². The maximum absolute atomic E-state index is 7.64. The number of hydrogen-bond donors (Lipinski definition) is 1. The topological polar surface area (TPSA) is 37.5 Å². The number of furan rings is 1. The monoisotopic (exact) mass is 341 g/mol. The third kappa shape index (κ3) is 2.16. The Balaban J connectivity index is 1.61. The van der Waals surface area contributed by atoms with Crippen LogP contribution in [-0.4, -0.2) is 11.8 Å². The molecule has 0 fully saturated rings. The van der Waals surface area contributed by atoms with Crippen LogP contribution < -0.4 is 16.0 Å². The molecule has 1 N–H and O–H groups in total. The van der Waals surface area contributed by atoms with Crippen molar-refractivity contribution in [3.05, 3.63) is 37.6 Å². The summed E-state index contributed by atoms with van der Waals surface area (Å²) >= 11 is 1.84. The van der Waals surface area contributed by atoms with Crippen molar-refractivity contribution in [2.75, 3.05) is 0 Å². The van der Waals surface area contributed by atoms with Gasteiger partial charge in [0.2, 0.25) is 5.88 Å². The fourth-order valence-electron chi connectivity index (χ4n) is 4.18. The van der Waals surface area contributed by atoms with Crippen LogP contribution in [0.3, 0.4) is 0 Å². The highest BCUT2D eigenvalue weighted by Gasteiger charge is 2.27. The molecular formula is C20H22N2OS. The predicted molar refractivity (Wildman–Crippen MR) is 99.5 cm³/mol. The van der Waals surface area contributed by atoms with E-state index in [9.17, 15) is 0 Å². The van der Waals surface area contributed by atoms with Crippen LogP contribution in [0.5, 0.6) is 0 Å². The zero-order valence-corrected chi connectivity index (χ0v) is 14.6. The summed E-state index contributed by atoms with van der Waals surface area (Å²) in [5.41, 5.74) is 6.44. The van der Waals surface area contributed by atoms with Crippen LogP contribution in [0.4, 0.5) is 5.88 Å². The number of nitrogens with zero attached hydrogens (tertiary/aromatic N) is 1. The van der Waals surface area contributed by atoms with Crippen molar-refractivity contribution in [3.8, 4) is 0 Å². The minimum atomic E-state index is -2.14. The first kappa shape index (κ1) is 11.8. The molecule has 0 unspecified atom stereocenters. The van der Waals surface area contributed by atoms with Crippen molar-refractivity contribution < 1.29 is 8.53 Å². The molecule has 0 bridgehead atoms. The van der Waals surface area contributed by atoms with E-state index < -0.39 is 6.85 Å². The predicted octanol–water partition coefficient (Wildman–Crippen LogP) is 3.13. The fourth-order valence-corrected chi connectivity index (χ4v) is 5.19. The van der Waals surface area contributed by atoms with Crippen LogP contribution >= 0.6 is 11.3 Å². The van der Waals surface area contributed by atoms with Gasteiger partial charge in [-0.3, -0.25) is 0 Å². The number of aliphatic imine (C=N–C) groups is 1. The summed E-state index contributed by atoms with van der Waals surface area (Å²) in [5, 5.41) is 7.08. The number of hydrogen-bond acceptors (Lipinski definition) is 4. The molecule has 4 heterocycles. The number of rotatable bonds is 1. The lowest BCUT2D eigenvalue weighted by Gasteiger charge is -2.27. The summed E-state index contributed by atoms with van der Waals surface area (Å²) in [6.45, 7) is 0.959. The van der Waals surface area contributed by atoms with Gasteiger partial charge in [0.1, 0.15) is 5.42 Å². The largest absolute Gasteiger partial charge is 0.438 e. The number of thiophene rings is 1. The Bertz CT molecular complexity index is 1070. The standard InChI is InChI=1S/C20H22N2OS/c1-11-10-24-18-9-21-17(8-16(11)18)15-5-3-4-13-14-7-6-12(2)22-20(14)23-19(13)15/h4,10,17,21H,3,5-9H2,1-2H3/t17-/m1/s1/i2D3. The zero-order valence-electron chi connectivity index (χ0n) is 16.7. The zero-order chi connectivity index (χ0) is 18.8. The number of aryl methyl sites for hydroxylation is 1. The Labute approximate surface area is 150 Å². The van der Waals surface area contributed by atoms with Crippen molar-refractivity contribution in [3.63, 3.8) is 0 Å². The van der Waals surface area contributed by atoms with E-state index >= 15 is 0 Å².